The SMILES string of the molecule is CCc1nccn1CCN1CCN(CC(=O)N(CC)CC)CC1. The molecule has 23 heavy (non-hydrogen) atoms. The van der Waals surface area contributed by atoms with Crippen molar-refractivity contribution in [3.05, 3.63) is 18.2 Å². The van der Waals surface area contributed by atoms with Crippen LogP contribution in [0.2, 0.25) is 0 Å². The average Bonchev–Trinajstić information content (AvgIpc) is 3.03. The van der Waals surface area contributed by atoms with Gasteiger partial charge in [0.2, 0.25) is 5.91 Å². The molecular formula is C17H31N5O. The summed E-state index contributed by atoms with van der Waals surface area (Å²) in [5.74, 6) is 1.42. The number of aromatic nitrogens is 2. The van der Waals surface area contributed by atoms with Gasteiger partial charge in [-0.15, -0.1) is 0 Å². The van der Waals surface area contributed by atoms with E-state index < -0.39 is 0 Å². The molecule has 0 radical (unpaired) electrons. The molecule has 6 nitrogen and oxygen atoms in total. The second-order valence-corrected chi connectivity index (χ2v) is 6.07. The molecule has 0 atom stereocenters. The summed E-state index contributed by atoms with van der Waals surface area (Å²) in [6.45, 7) is 14.5. The van der Waals surface area contributed by atoms with E-state index in [2.05, 4.69) is 32.5 Å². The first-order valence-corrected chi connectivity index (χ1v) is 8.90. The molecule has 0 aliphatic carbocycles. The van der Waals surface area contributed by atoms with Gasteiger partial charge in [-0.3, -0.25) is 14.6 Å². The first-order chi connectivity index (χ1) is 11.2. The Hall–Kier alpha value is -1.40. The topological polar surface area (TPSA) is 44.6 Å². The lowest BCUT2D eigenvalue weighted by atomic mass is 10.3. The van der Waals surface area contributed by atoms with Gasteiger partial charge < -0.3 is 9.47 Å². The van der Waals surface area contributed by atoms with E-state index in [9.17, 15) is 4.79 Å². The molecule has 1 aliphatic rings. The van der Waals surface area contributed by atoms with Crippen molar-refractivity contribution in [1.29, 1.82) is 0 Å². The molecule has 0 aromatic carbocycles. The summed E-state index contributed by atoms with van der Waals surface area (Å²) in [6.07, 6.45) is 4.93. The third-order valence-corrected chi connectivity index (χ3v) is 4.71. The van der Waals surface area contributed by atoms with Crippen molar-refractivity contribution in [3.63, 3.8) is 0 Å². The van der Waals surface area contributed by atoms with Gasteiger partial charge in [0.05, 0.1) is 6.54 Å². The second-order valence-electron chi connectivity index (χ2n) is 6.07. The number of likely N-dealkylation sites (N-methyl/N-ethyl adjacent to an activating group) is 1. The number of aryl methyl sites for hydroxylation is 1. The summed E-state index contributed by atoms with van der Waals surface area (Å²) in [5.41, 5.74) is 0. The van der Waals surface area contributed by atoms with E-state index in [-0.39, 0.29) is 5.91 Å². The number of carbonyl (C=O) groups excluding carboxylic acids is 1. The van der Waals surface area contributed by atoms with Gasteiger partial charge in [-0.2, -0.15) is 0 Å². The van der Waals surface area contributed by atoms with E-state index in [1.165, 1.54) is 0 Å². The van der Waals surface area contributed by atoms with Gasteiger partial charge in [-0.05, 0) is 13.8 Å². The highest BCUT2D eigenvalue weighted by Gasteiger charge is 2.20. The summed E-state index contributed by atoms with van der Waals surface area (Å²) in [6, 6.07) is 0. The molecule has 0 saturated carbocycles. The predicted molar refractivity (Wildman–Crippen MR) is 92.4 cm³/mol. The van der Waals surface area contributed by atoms with E-state index in [1.54, 1.807) is 0 Å². The second kappa shape index (κ2) is 9.03. The Balaban J connectivity index is 1.70. The van der Waals surface area contributed by atoms with Gasteiger partial charge in [0.25, 0.3) is 0 Å². The molecule has 1 aromatic rings. The average molecular weight is 321 g/mol. The molecule has 2 heterocycles. The lowest BCUT2D eigenvalue weighted by Crippen LogP contribution is -2.50. The van der Waals surface area contributed by atoms with E-state index in [1.807, 2.05) is 24.9 Å². The van der Waals surface area contributed by atoms with Crippen LogP contribution in [-0.4, -0.2) is 82.5 Å². The highest BCUT2D eigenvalue weighted by Crippen LogP contribution is 2.05. The number of carbonyl (C=O) groups is 1. The van der Waals surface area contributed by atoms with E-state index in [4.69, 9.17) is 0 Å². The maximum Gasteiger partial charge on any atom is 0.236 e. The smallest absolute Gasteiger partial charge is 0.236 e. The van der Waals surface area contributed by atoms with Crippen molar-refractivity contribution in [3.8, 4) is 0 Å². The first-order valence-electron chi connectivity index (χ1n) is 8.90. The minimum atomic E-state index is 0.259. The Morgan fingerprint density at radius 1 is 1.09 bits per heavy atom. The molecule has 1 saturated heterocycles. The number of rotatable bonds is 8. The van der Waals surface area contributed by atoms with Crippen molar-refractivity contribution >= 4 is 5.91 Å². The minimum Gasteiger partial charge on any atom is -0.342 e. The van der Waals surface area contributed by atoms with Crippen LogP contribution >= 0.6 is 0 Å². The normalized spacial score (nSPS) is 16.7. The Morgan fingerprint density at radius 2 is 1.74 bits per heavy atom. The van der Waals surface area contributed by atoms with E-state index >= 15 is 0 Å². The van der Waals surface area contributed by atoms with Crippen LogP contribution in [0.3, 0.4) is 0 Å². The summed E-state index contributed by atoms with van der Waals surface area (Å²) < 4.78 is 2.25. The summed E-state index contributed by atoms with van der Waals surface area (Å²) in [5, 5.41) is 0. The molecule has 1 amide bonds. The lowest BCUT2D eigenvalue weighted by Gasteiger charge is -2.35. The summed E-state index contributed by atoms with van der Waals surface area (Å²) in [7, 11) is 0. The number of piperazine rings is 1. The minimum absolute atomic E-state index is 0.259. The van der Waals surface area contributed by atoms with Crippen LogP contribution in [0.1, 0.15) is 26.6 Å². The van der Waals surface area contributed by atoms with Crippen molar-refractivity contribution in [2.45, 2.75) is 33.7 Å². The maximum absolute atomic E-state index is 12.2. The number of imidazole rings is 1. The van der Waals surface area contributed by atoms with Gasteiger partial charge in [0.15, 0.2) is 0 Å². The highest BCUT2D eigenvalue weighted by molar-refractivity contribution is 5.78. The standard InChI is InChI=1S/C17H31N5O/c1-4-16-18-7-8-22(16)14-13-19-9-11-20(12-10-19)15-17(23)21(5-2)6-3/h7-8H,4-6,9-15H2,1-3H3. The molecule has 1 aromatic heterocycles. The highest BCUT2D eigenvalue weighted by atomic mass is 16.2. The zero-order chi connectivity index (χ0) is 16.7. The molecule has 2 rings (SSSR count). The number of hydrogen-bond donors (Lipinski definition) is 0. The molecule has 1 aliphatic heterocycles. The van der Waals surface area contributed by atoms with Gasteiger partial charge in [0, 0.05) is 71.2 Å². The van der Waals surface area contributed by atoms with Crippen LogP contribution in [-0.2, 0) is 17.8 Å². The Labute approximate surface area is 140 Å². The predicted octanol–water partition coefficient (Wildman–Crippen LogP) is 0.932. The van der Waals surface area contributed by atoms with Gasteiger partial charge in [0.1, 0.15) is 5.82 Å². The molecule has 1 fully saturated rings. The van der Waals surface area contributed by atoms with Crippen LogP contribution < -0.4 is 0 Å². The van der Waals surface area contributed by atoms with Gasteiger partial charge >= 0.3 is 0 Å². The number of hydrogen-bond acceptors (Lipinski definition) is 4. The van der Waals surface area contributed by atoms with Gasteiger partial charge in [-0.1, -0.05) is 6.92 Å². The quantitative estimate of drug-likeness (QED) is 0.715. The van der Waals surface area contributed by atoms with Crippen molar-refractivity contribution in [1.82, 2.24) is 24.3 Å². The van der Waals surface area contributed by atoms with E-state index in [0.717, 1.165) is 64.6 Å². The Bertz CT molecular complexity index is 475. The fraction of sp³-hybridized carbons (Fsp3) is 0.765. The van der Waals surface area contributed by atoms with Gasteiger partial charge in [-0.25, -0.2) is 4.98 Å². The molecule has 6 heteroatoms. The first kappa shape index (κ1) is 17.9. The number of nitrogens with zero attached hydrogens (tertiary/aromatic N) is 5. The van der Waals surface area contributed by atoms with Crippen LogP contribution in [0.15, 0.2) is 12.4 Å². The Kier molecular flexibility index (Phi) is 7.05. The molecule has 130 valence electrons. The Morgan fingerprint density at radius 3 is 2.35 bits per heavy atom. The molecule has 0 bridgehead atoms. The fourth-order valence-electron chi connectivity index (χ4n) is 3.15. The zero-order valence-electron chi connectivity index (χ0n) is 14.9. The monoisotopic (exact) mass is 321 g/mol. The van der Waals surface area contributed by atoms with Crippen LogP contribution in [0.4, 0.5) is 0 Å². The summed E-state index contributed by atoms with van der Waals surface area (Å²) >= 11 is 0. The van der Waals surface area contributed by atoms with E-state index in [0.29, 0.717) is 6.54 Å². The molecular weight excluding hydrogens is 290 g/mol. The maximum atomic E-state index is 12.2. The fourth-order valence-corrected chi connectivity index (χ4v) is 3.15. The van der Waals surface area contributed by atoms with Crippen molar-refractivity contribution < 1.29 is 4.79 Å². The molecule has 0 N–H and O–H groups in total. The molecule has 0 spiro atoms. The van der Waals surface area contributed by atoms with Crippen LogP contribution in [0.25, 0.3) is 0 Å². The zero-order valence-corrected chi connectivity index (χ0v) is 14.9. The van der Waals surface area contributed by atoms with Crippen LogP contribution in [0.5, 0.6) is 0 Å². The number of amides is 1. The third-order valence-electron chi connectivity index (χ3n) is 4.71. The van der Waals surface area contributed by atoms with Crippen LogP contribution in [0, 0.1) is 0 Å². The largest absolute Gasteiger partial charge is 0.342 e. The van der Waals surface area contributed by atoms with Crippen molar-refractivity contribution in [2.24, 2.45) is 0 Å². The molecule has 0 unspecified atom stereocenters. The third kappa shape index (κ3) is 5.04. The van der Waals surface area contributed by atoms with Crippen molar-refractivity contribution in [2.75, 3.05) is 52.4 Å². The lowest BCUT2D eigenvalue weighted by molar-refractivity contribution is -0.132. The summed E-state index contributed by atoms with van der Waals surface area (Å²) in [4.78, 5) is 23.2.